The summed E-state index contributed by atoms with van der Waals surface area (Å²) in [5.74, 6) is -0.230. The van der Waals surface area contributed by atoms with E-state index in [0.717, 1.165) is 5.39 Å². The highest BCUT2D eigenvalue weighted by molar-refractivity contribution is 6.08. The Bertz CT molecular complexity index is 756. The fourth-order valence-electron chi connectivity index (χ4n) is 2.16. The smallest absolute Gasteiger partial charge is 0.410 e. The van der Waals surface area contributed by atoms with Crippen LogP contribution in [0.5, 0.6) is 0 Å². The molecular formula is C17H21N3O3. The Hall–Kier alpha value is -2.63. The predicted molar refractivity (Wildman–Crippen MR) is 89.3 cm³/mol. The summed E-state index contributed by atoms with van der Waals surface area (Å²) in [5, 5.41) is 5.04. The number of aromatic nitrogens is 2. The first-order valence-electron chi connectivity index (χ1n) is 7.30. The van der Waals surface area contributed by atoms with E-state index in [1.54, 1.807) is 20.8 Å². The van der Waals surface area contributed by atoms with Crippen LogP contribution in [0.4, 0.5) is 4.79 Å². The molecule has 1 heterocycles. The van der Waals surface area contributed by atoms with Gasteiger partial charge in [0, 0.05) is 18.6 Å². The number of Topliss-reactive ketones (excluding diaryl/α,β-unsaturated/α-hetero) is 1. The highest BCUT2D eigenvalue weighted by Gasteiger charge is 2.24. The number of nitrogens with zero attached hydrogens (tertiary/aromatic N) is 3. The largest absolute Gasteiger partial charge is 0.444 e. The maximum absolute atomic E-state index is 12.6. The Morgan fingerprint density at radius 1 is 1.35 bits per heavy atom. The molecule has 1 aromatic carbocycles. The Morgan fingerprint density at radius 2 is 2.00 bits per heavy atom. The number of fused-ring (bicyclic) bond motifs is 1. The van der Waals surface area contributed by atoms with Crippen molar-refractivity contribution in [3.05, 3.63) is 36.5 Å². The average molecular weight is 315 g/mol. The van der Waals surface area contributed by atoms with Crippen LogP contribution in [0.15, 0.2) is 30.8 Å². The van der Waals surface area contributed by atoms with Crippen molar-refractivity contribution in [2.24, 2.45) is 0 Å². The van der Waals surface area contributed by atoms with Crippen LogP contribution < -0.4 is 0 Å². The molecule has 6 heteroatoms. The van der Waals surface area contributed by atoms with Crippen LogP contribution in [0, 0.1) is 0 Å². The number of carbonyl (C=O) groups excluding carboxylic acids is 2. The predicted octanol–water partition coefficient (Wildman–Crippen LogP) is 3.19. The quantitative estimate of drug-likeness (QED) is 0.813. The summed E-state index contributed by atoms with van der Waals surface area (Å²) in [6, 6.07) is 7.34. The number of likely N-dealkylation sites (N-methyl/N-ethyl adjacent to an activating group) is 1. The van der Waals surface area contributed by atoms with Gasteiger partial charge in [-0.1, -0.05) is 24.8 Å². The lowest BCUT2D eigenvalue weighted by molar-refractivity contribution is 0.0294. The minimum Gasteiger partial charge on any atom is -0.444 e. The van der Waals surface area contributed by atoms with Crippen molar-refractivity contribution in [2.45, 2.75) is 26.4 Å². The molecule has 6 nitrogen and oxygen atoms in total. The normalized spacial score (nSPS) is 11.3. The van der Waals surface area contributed by atoms with Gasteiger partial charge in [-0.05, 0) is 26.8 Å². The lowest BCUT2D eigenvalue weighted by atomic mass is 10.1. The Balaban J connectivity index is 2.24. The molecule has 1 aromatic heterocycles. The number of ketones is 1. The van der Waals surface area contributed by atoms with Gasteiger partial charge < -0.3 is 9.64 Å². The second-order valence-corrected chi connectivity index (χ2v) is 6.25. The molecule has 0 saturated carbocycles. The first kappa shape index (κ1) is 16.7. The van der Waals surface area contributed by atoms with Gasteiger partial charge in [-0.2, -0.15) is 5.10 Å². The summed E-state index contributed by atoms with van der Waals surface area (Å²) < 4.78 is 6.69. The molecule has 0 aliphatic rings. The van der Waals surface area contributed by atoms with Gasteiger partial charge in [-0.15, -0.1) is 0 Å². The van der Waals surface area contributed by atoms with E-state index in [1.165, 1.54) is 22.8 Å². The molecule has 0 unspecified atom stereocenters. The summed E-state index contributed by atoms with van der Waals surface area (Å²) in [6.07, 6.45) is 0.931. The summed E-state index contributed by atoms with van der Waals surface area (Å²) in [7, 11) is 1.53. The minimum atomic E-state index is -0.607. The van der Waals surface area contributed by atoms with E-state index in [0.29, 0.717) is 11.2 Å². The standard InChI is InChI=1S/C17H21N3O3/c1-6-20-15(12-9-7-8-10-13(12)18-20)14(21)11-19(5)16(22)23-17(2,3)4/h6-10H,1,11H2,2-5H3. The van der Waals surface area contributed by atoms with Crippen molar-refractivity contribution >= 4 is 29.0 Å². The van der Waals surface area contributed by atoms with Gasteiger partial charge in [0.15, 0.2) is 0 Å². The monoisotopic (exact) mass is 315 g/mol. The topological polar surface area (TPSA) is 64.4 Å². The number of benzene rings is 1. The Morgan fingerprint density at radius 3 is 2.61 bits per heavy atom. The average Bonchev–Trinajstić information content (AvgIpc) is 2.83. The van der Waals surface area contributed by atoms with Gasteiger partial charge in [0.05, 0.1) is 12.1 Å². The van der Waals surface area contributed by atoms with Crippen molar-refractivity contribution < 1.29 is 14.3 Å². The third-order valence-corrected chi connectivity index (χ3v) is 3.13. The molecule has 0 spiro atoms. The molecule has 0 aliphatic heterocycles. The maximum Gasteiger partial charge on any atom is 0.410 e. The molecule has 2 aromatic rings. The van der Waals surface area contributed by atoms with Gasteiger partial charge in [-0.25, -0.2) is 9.48 Å². The van der Waals surface area contributed by atoms with E-state index >= 15 is 0 Å². The fraction of sp³-hybridized carbons (Fsp3) is 0.353. The lowest BCUT2D eigenvalue weighted by Crippen LogP contribution is -2.37. The first-order valence-corrected chi connectivity index (χ1v) is 7.30. The number of hydrogen-bond donors (Lipinski definition) is 0. The van der Waals surface area contributed by atoms with E-state index in [1.807, 2.05) is 24.3 Å². The summed E-state index contributed by atoms with van der Waals surface area (Å²) in [5.41, 5.74) is 0.506. The van der Waals surface area contributed by atoms with Gasteiger partial charge in [0.2, 0.25) is 5.78 Å². The van der Waals surface area contributed by atoms with Crippen LogP contribution in [0.3, 0.4) is 0 Å². The van der Waals surface area contributed by atoms with Crippen molar-refractivity contribution in [1.82, 2.24) is 14.7 Å². The maximum atomic E-state index is 12.6. The molecule has 2 rings (SSSR count). The molecule has 0 atom stereocenters. The molecule has 1 amide bonds. The molecule has 23 heavy (non-hydrogen) atoms. The van der Waals surface area contributed by atoms with Crippen molar-refractivity contribution in [1.29, 1.82) is 0 Å². The molecule has 0 N–H and O–H groups in total. The highest BCUT2D eigenvalue weighted by atomic mass is 16.6. The summed E-state index contributed by atoms with van der Waals surface area (Å²) >= 11 is 0. The van der Waals surface area contributed by atoms with Crippen LogP contribution >= 0.6 is 0 Å². The SMILES string of the molecule is C=Cn1nc2ccccc2c1C(=O)CN(C)C(=O)OC(C)(C)C. The van der Waals surface area contributed by atoms with Gasteiger partial charge >= 0.3 is 6.09 Å². The molecule has 0 aliphatic carbocycles. The lowest BCUT2D eigenvalue weighted by Gasteiger charge is -2.24. The van der Waals surface area contributed by atoms with Crippen LogP contribution in [0.2, 0.25) is 0 Å². The van der Waals surface area contributed by atoms with Gasteiger partial charge in [0.25, 0.3) is 0 Å². The van der Waals surface area contributed by atoms with E-state index in [4.69, 9.17) is 4.74 Å². The zero-order valence-electron chi connectivity index (χ0n) is 13.9. The Kier molecular flexibility index (Phi) is 4.54. The molecule has 0 bridgehead atoms. The second kappa shape index (κ2) is 6.24. The number of ether oxygens (including phenoxy) is 1. The fourth-order valence-corrected chi connectivity index (χ4v) is 2.16. The van der Waals surface area contributed by atoms with Crippen LogP contribution in [0.1, 0.15) is 31.3 Å². The summed E-state index contributed by atoms with van der Waals surface area (Å²) in [4.78, 5) is 25.9. The summed E-state index contributed by atoms with van der Waals surface area (Å²) in [6.45, 7) is 8.91. The van der Waals surface area contributed by atoms with Crippen molar-refractivity contribution in [2.75, 3.05) is 13.6 Å². The zero-order valence-corrected chi connectivity index (χ0v) is 13.9. The van der Waals surface area contributed by atoms with E-state index in [-0.39, 0.29) is 12.3 Å². The number of hydrogen-bond acceptors (Lipinski definition) is 4. The molecule has 0 saturated heterocycles. The van der Waals surface area contributed by atoms with E-state index in [2.05, 4.69) is 11.7 Å². The number of carbonyl (C=O) groups is 2. The molecule has 0 radical (unpaired) electrons. The van der Waals surface area contributed by atoms with Crippen molar-refractivity contribution in [3.8, 4) is 0 Å². The van der Waals surface area contributed by atoms with E-state index in [9.17, 15) is 9.59 Å². The van der Waals surface area contributed by atoms with Gasteiger partial charge in [0.1, 0.15) is 11.3 Å². The van der Waals surface area contributed by atoms with Crippen LogP contribution in [0.25, 0.3) is 17.1 Å². The molecule has 122 valence electrons. The third-order valence-electron chi connectivity index (χ3n) is 3.13. The second-order valence-electron chi connectivity index (χ2n) is 6.25. The van der Waals surface area contributed by atoms with E-state index < -0.39 is 11.7 Å². The number of amides is 1. The molecular weight excluding hydrogens is 294 g/mol. The first-order chi connectivity index (χ1) is 10.7. The number of rotatable bonds is 4. The highest BCUT2D eigenvalue weighted by Crippen LogP contribution is 2.19. The van der Waals surface area contributed by atoms with Gasteiger partial charge in [-0.3, -0.25) is 4.79 Å². The van der Waals surface area contributed by atoms with Crippen LogP contribution in [-0.2, 0) is 4.74 Å². The van der Waals surface area contributed by atoms with Crippen molar-refractivity contribution in [3.63, 3.8) is 0 Å². The third kappa shape index (κ3) is 3.77. The Labute approximate surface area is 135 Å². The van der Waals surface area contributed by atoms with Crippen LogP contribution in [-0.4, -0.2) is 45.8 Å². The minimum absolute atomic E-state index is 0.0988. The molecule has 0 fully saturated rings. The zero-order chi connectivity index (χ0) is 17.2.